The highest BCUT2D eigenvalue weighted by atomic mass is 32.2. The molecule has 2 N–H and O–H groups in total. The van der Waals surface area contributed by atoms with E-state index < -0.39 is 0 Å². The Bertz CT molecular complexity index is 553. The van der Waals surface area contributed by atoms with Crippen LogP contribution in [0.25, 0.3) is 0 Å². The van der Waals surface area contributed by atoms with E-state index in [-0.39, 0.29) is 11.6 Å². The van der Waals surface area contributed by atoms with Crippen molar-refractivity contribution in [1.29, 1.82) is 0 Å². The fourth-order valence-electron chi connectivity index (χ4n) is 3.83. The monoisotopic (exact) mass is 367 g/mol. The number of rotatable bonds is 7. The number of methoxy groups -OCH3 is 1. The van der Waals surface area contributed by atoms with Crippen LogP contribution in [0.4, 0.5) is 10.5 Å². The minimum atomic E-state index is -0.149. The van der Waals surface area contributed by atoms with E-state index in [1.807, 2.05) is 18.0 Å². The average molecular weight is 368 g/mol. The molecule has 2 amide bonds. The first-order valence-electron chi connectivity index (χ1n) is 9.11. The molecule has 0 atom stereocenters. The molecular formula is C17H29N5O2S. The maximum absolute atomic E-state index is 12.3. The fraction of sp³-hybridized carbons (Fsp3) is 0.765. The summed E-state index contributed by atoms with van der Waals surface area (Å²) in [6.45, 7) is 4.28. The van der Waals surface area contributed by atoms with Crippen LogP contribution in [0.2, 0.25) is 0 Å². The first-order valence-corrected chi connectivity index (χ1v) is 10.3. The Kier molecular flexibility index (Phi) is 6.61. The molecule has 25 heavy (non-hydrogen) atoms. The lowest BCUT2D eigenvalue weighted by molar-refractivity contribution is 0.105. The van der Waals surface area contributed by atoms with Crippen molar-refractivity contribution in [2.45, 2.75) is 37.8 Å². The van der Waals surface area contributed by atoms with Crippen LogP contribution in [0.3, 0.4) is 0 Å². The lowest BCUT2D eigenvalue weighted by atomic mass is 9.94. The highest BCUT2D eigenvalue weighted by Crippen LogP contribution is 2.36. The number of anilines is 1. The van der Waals surface area contributed by atoms with Crippen LogP contribution in [0.5, 0.6) is 0 Å². The zero-order valence-electron chi connectivity index (χ0n) is 15.0. The summed E-state index contributed by atoms with van der Waals surface area (Å²) in [5.41, 5.74) is 0.865. The van der Waals surface area contributed by atoms with Gasteiger partial charge in [-0.05, 0) is 12.8 Å². The first kappa shape index (κ1) is 18.5. The summed E-state index contributed by atoms with van der Waals surface area (Å²) < 4.78 is 6.80. The standard InChI is InChI=1S/C17H29N5O2S/c1-24-9-6-22-13-15(12-19-22)20-16(23)18-14-17(4-2-3-5-17)21-7-10-25-11-8-21/h12-13H,2-11,14H2,1H3,(H2,18,20,23). The predicted octanol–water partition coefficient (Wildman–Crippen LogP) is 2.01. The molecule has 0 bridgehead atoms. The van der Waals surface area contributed by atoms with Crippen molar-refractivity contribution in [1.82, 2.24) is 20.0 Å². The Balaban J connectivity index is 1.50. The van der Waals surface area contributed by atoms with E-state index in [9.17, 15) is 4.79 Å². The Hall–Kier alpha value is -1.25. The smallest absolute Gasteiger partial charge is 0.319 e. The molecule has 1 aliphatic heterocycles. The van der Waals surface area contributed by atoms with Crippen molar-refractivity contribution in [2.75, 3.05) is 50.2 Å². The van der Waals surface area contributed by atoms with Gasteiger partial charge >= 0.3 is 6.03 Å². The second-order valence-corrected chi connectivity index (χ2v) is 8.05. The summed E-state index contributed by atoms with van der Waals surface area (Å²) in [6.07, 6.45) is 8.40. The van der Waals surface area contributed by atoms with E-state index in [0.29, 0.717) is 18.8 Å². The maximum atomic E-state index is 12.3. The molecule has 1 aromatic rings. The lowest BCUT2D eigenvalue weighted by Gasteiger charge is -2.43. The van der Waals surface area contributed by atoms with Gasteiger partial charge < -0.3 is 15.4 Å². The van der Waals surface area contributed by atoms with Gasteiger partial charge in [-0.1, -0.05) is 12.8 Å². The van der Waals surface area contributed by atoms with Crippen LogP contribution in [0.15, 0.2) is 12.4 Å². The van der Waals surface area contributed by atoms with Gasteiger partial charge in [0.25, 0.3) is 0 Å². The minimum absolute atomic E-state index is 0.149. The molecule has 0 unspecified atom stereocenters. The molecule has 140 valence electrons. The third-order valence-electron chi connectivity index (χ3n) is 5.21. The maximum Gasteiger partial charge on any atom is 0.319 e. The second kappa shape index (κ2) is 8.91. The van der Waals surface area contributed by atoms with Crippen LogP contribution in [-0.2, 0) is 11.3 Å². The number of urea groups is 1. The van der Waals surface area contributed by atoms with Crippen molar-refractivity contribution in [3.05, 3.63) is 12.4 Å². The SMILES string of the molecule is COCCn1cc(NC(=O)NCC2(N3CCSCC3)CCCC2)cn1. The van der Waals surface area contributed by atoms with Gasteiger partial charge in [-0.25, -0.2) is 4.79 Å². The van der Waals surface area contributed by atoms with E-state index in [0.717, 1.165) is 19.6 Å². The van der Waals surface area contributed by atoms with E-state index in [4.69, 9.17) is 4.74 Å². The van der Waals surface area contributed by atoms with Gasteiger partial charge in [-0.2, -0.15) is 16.9 Å². The molecule has 2 heterocycles. The number of aromatic nitrogens is 2. The lowest BCUT2D eigenvalue weighted by Crippen LogP contribution is -2.56. The van der Waals surface area contributed by atoms with Crippen molar-refractivity contribution >= 4 is 23.5 Å². The summed E-state index contributed by atoms with van der Waals surface area (Å²) in [5.74, 6) is 2.41. The number of ether oxygens (including phenoxy) is 1. The number of hydrogen-bond donors (Lipinski definition) is 2. The average Bonchev–Trinajstić information content (AvgIpc) is 3.29. The van der Waals surface area contributed by atoms with Crippen LogP contribution >= 0.6 is 11.8 Å². The van der Waals surface area contributed by atoms with Crippen molar-refractivity contribution in [2.24, 2.45) is 0 Å². The van der Waals surface area contributed by atoms with Gasteiger partial charge in [0.05, 0.1) is 25.0 Å². The number of nitrogens with zero attached hydrogens (tertiary/aromatic N) is 3. The largest absolute Gasteiger partial charge is 0.383 e. The van der Waals surface area contributed by atoms with Gasteiger partial charge in [-0.15, -0.1) is 0 Å². The molecular weight excluding hydrogens is 338 g/mol. The van der Waals surface area contributed by atoms with E-state index in [1.54, 1.807) is 18.0 Å². The number of thioether (sulfide) groups is 1. The number of carbonyl (C=O) groups excluding carboxylic acids is 1. The van der Waals surface area contributed by atoms with Gasteiger partial charge in [0.2, 0.25) is 0 Å². The van der Waals surface area contributed by atoms with Gasteiger partial charge in [0.15, 0.2) is 0 Å². The second-order valence-electron chi connectivity index (χ2n) is 6.82. The van der Waals surface area contributed by atoms with E-state index in [2.05, 4.69) is 20.6 Å². The van der Waals surface area contributed by atoms with Crippen LogP contribution < -0.4 is 10.6 Å². The summed E-state index contributed by atoms with van der Waals surface area (Å²) in [6, 6.07) is -0.149. The molecule has 3 rings (SSSR count). The van der Waals surface area contributed by atoms with E-state index >= 15 is 0 Å². The molecule has 0 radical (unpaired) electrons. The highest BCUT2D eigenvalue weighted by Gasteiger charge is 2.40. The summed E-state index contributed by atoms with van der Waals surface area (Å²) in [7, 11) is 1.66. The highest BCUT2D eigenvalue weighted by molar-refractivity contribution is 7.99. The van der Waals surface area contributed by atoms with Crippen molar-refractivity contribution < 1.29 is 9.53 Å². The Labute approximate surface area is 153 Å². The zero-order chi connectivity index (χ0) is 17.5. The summed E-state index contributed by atoms with van der Waals surface area (Å²) >= 11 is 2.03. The fourth-order valence-corrected chi connectivity index (χ4v) is 4.73. The molecule has 0 aromatic carbocycles. The third kappa shape index (κ3) is 4.89. The number of hydrogen-bond acceptors (Lipinski definition) is 5. The van der Waals surface area contributed by atoms with Gasteiger partial charge in [-0.3, -0.25) is 9.58 Å². The number of carbonyl (C=O) groups is 1. The van der Waals surface area contributed by atoms with Gasteiger partial charge in [0.1, 0.15) is 0 Å². The first-order chi connectivity index (χ1) is 12.2. The third-order valence-corrected chi connectivity index (χ3v) is 6.15. The quantitative estimate of drug-likeness (QED) is 0.771. The van der Waals surface area contributed by atoms with Crippen LogP contribution in [0.1, 0.15) is 25.7 Å². The predicted molar refractivity (Wildman–Crippen MR) is 101 cm³/mol. The molecule has 7 nitrogen and oxygen atoms in total. The summed E-state index contributed by atoms with van der Waals surface area (Å²) in [4.78, 5) is 14.9. The molecule has 2 fully saturated rings. The Morgan fingerprint density at radius 1 is 1.36 bits per heavy atom. The molecule has 8 heteroatoms. The van der Waals surface area contributed by atoms with Crippen LogP contribution in [-0.4, -0.2) is 71.1 Å². The molecule has 1 aliphatic carbocycles. The van der Waals surface area contributed by atoms with Gasteiger partial charge in [0, 0.05) is 50.0 Å². The van der Waals surface area contributed by atoms with Crippen molar-refractivity contribution in [3.63, 3.8) is 0 Å². The molecule has 1 saturated heterocycles. The summed E-state index contributed by atoms with van der Waals surface area (Å²) in [5, 5.41) is 10.2. The molecule has 1 saturated carbocycles. The number of amides is 2. The van der Waals surface area contributed by atoms with E-state index in [1.165, 1.54) is 37.2 Å². The Morgan fingerprint density at radius 2 is 2.12 bits per heavy atom. The topological polar surface area (TPSA) is 71.4 Å². The molecule has 0 spiro atoms. The van der Waals surface area contributed by atoms with Crippen molar-refractivity contribution in [3.8, 4) is 0 Å². The molecule has 2 aliphatic rings. The zero-order valence-corrected chi connectivity index (χ0v) is 15.8. The van der Waals surface area contributed by atoms with Crippen LogP contribution in [0, 0.1) is 0 Å². The number of nitrogens with one attached hydrogen (secondary N) is 2. The molecule has 1 aromatic heterocycles. The Morgan fingerprint density at radius 3 is 2.84 bits per heavy atom. The minimum Gasteiger partial charge on any atom is -0.383 e. The normalized spacial score (nSPS) is 20.5.